The first-order valence-corrected chi connectivity index (χ1v) is 11.6. The first-order chi connectivity index (χ1) is 14.9. The van der Waals surface area contributed by atoms with E-state index in [0.717, 1.165) is 5.56 Å². The zero-order valence-corrected chi connectivity index (χ0v) is 17.6. The van der Waals surface area contributed by atoms with E-state index in [0.29, 0.717) is 35.1 Å². The lowest BCUT2D eigenvalue weighted by Gasteiger charge is -2.18. The minimum absolute atomic E-state index is 0.0182. The molecule has 3 aromatic carbocycles. The molecule has 0 radical (unpaired) electrons. The molecule has 0 saturated carbocycles. The summed E-state index contributed by atoms with van der Waals surface area (Å²) in [5.41, 5.74) is 3.35. The molecule has 0 amide bonds. The van der Waals surface area contributed by atoms with E-state index in [-0.39, 0.29) is 17.4 Å². The van der Waals surface area contributed by atoms with Crippen LogP contribution >= 0.6 is 0 Å². The van der Waals surface area contributed by atoms with Crippen LogP contribution in [0.4, 0.5) is 0 Å². The van der Waals surface area contributed by atoms with Gasteiger partial charge in [0.2, 0.25) is 15.8 Å². The Labute approximate surface area is 180 Å². The second kappa shape index (κ2) is 8.83. The molecule has 7 heteroatoms. The molecule has 1 heterocycles. The summed E-state index contributed by atoms with van der Waals surface area (Å²) < 4.78 is 29.3. The summed E-state index contributed by atoms with van der Waals surface area (Å²) in [5.74, 6) is -1.23. The number of carbonyl (C=O) groups is 1. The summed E-state index contributed by atoms with van der Waals surface area (Å²) >= 11 is 0. The topological polar surface area (TPSA) is 103 Å². The van der Waals surface area contributed by atoms with Gasteiger partial charge in [-0.15, -0.1) is 0 Å². The van der Waals surface area contributed by atoms with Crippen LogP contribution in [0.25, 0.3) is 11.1 Å². The van der Waals surface area contributed by atoms with Crippen LogP contribution in [0.15, 0.2) is 83.3 Å². The van der Waals surface area contributed by atoms with Crippen molar-refractivity contribution in [2.45, 2.75) is 24.5 Å². The number of sulfonamides is 1. The minimum Gasteiger partial charge on any atom is -0.434 e. The lowest BCUT2D eigenvalue weighted by molar-refractivity contribution is 0.0922. The molecule has 1 aromatic heterocycles. The number of primary sulfonamides is 1. The van der Waals surface area contributed by atoms with E-state index in [4.69, 9.17) is 9.56 Å². The number of nitrogens with two attached hydrogens (primary N) is 1. The van der Waals surface area contributed by atoms with Crippen LogP contribution < -0.4 is 5.14 Å². The molecule has 4 rings (SSSR count). The number of aromatic nitrogens is 1. The van der Waals surface area contributed by atoms with Crippen molar-refractivity contribution in [3.8, 4) is 0 Å². The fourth-order valence-corrected chi connectivity index (χ4v) is 4.43. The highest BCUT2D eigenvalue weighted by Gasteiger charge is 2.28. The highest BCUT2D eigenvalue weighted by atomic mass is 32.2. The number of aryl methyl sites for hydroxylation is 1. The number of nitrogens with zero attached hydrogens (tertiary/aromatic N) is 1. The molecular formula is C24H22N2O4S. The number of oxazole rings is 1. The van der Waals surface area contributed by atoms with Crippen LogP contribution in [0.3, 0.4) is 0 Å². The van der Waals surface area contributed by atoms with Crippen LogP contribution in [0, 0.1) is 0 Å². The van der Waals surface area contributed by atoms with Crippen molar-refractivity contribution in [3.63, 3.8) is 0 Å². The van der Waals surface area contributed by atoms with Gasteiger partial charge in [-0.05, 0) is 41.7 Å². The van der Waals surface area contributed by atoms with Gasteiger partial charge >= 0.3 is 0 Å². The second-order valence-corrected chi connectivity index (χ2v) is 9.05. The van der Waals surface area contributed by atoms with E-state index >= 15 is 0 Å². The maximum atomic E-state index is 13.5. The van der Waals surface area contributed by atoms with E-state index in [1.54, 1.807) is 36.4 Å². The number of fused-ring (bicyclic) bond motifs is 1. The number of hydrogen-bond donors (Lipinski definition) is 1. The summed E-state index contributed by atoms with van der Waals surface area (Å²) in [7, 11) is -3.76. The first kappa shape index (κ1) is 21.0. The number of ketones is 1. The van der Waals surface area contributed by atoms with Crippen molar-refractivity contribution < 1.29 is 17.6 Å². The third kappa shape index (κ3) is 5.07. The molecule has 4 aromatic rings. The van der Waals surface area contributed by atoms with Gasteiger partial charge in [0.15, 0.2) is 5.58 Å². The van der Waals surface area contributed by atoms with E-state index in [9.17, 15) is 13.2 Å². The standard InChI is InChI=1S/C24H22N2O4S/c25-31(28,29)16-18-10-4-5-11-19(18)20(15-14-17-8-2-1-3-9-17)23(27)24-26-21-12-6-7-13-22(21)30-24/h1-13,20H,14-16H2,(H2,25,28,29)/t20-/m0/s1. The van der Waals surface area contributed by atoms with Gasteiger partial charge in [-0.2, -0.15) is 0 Å². The third-order valence-corrected chi connectivity index (χ3v) is 5.89. The summed E-state index contributed by atoms with van der Waals surface area (Å²) in [6, 6.07) is 24.0. The first-order valence-electron chi connectivity index (χ1n) is 9.93. The molecule has 1 atom stereocenters. The molecule has 31 heavy (non-hydrogen) atoms. The Morgan fingerprint density at radius 3 is 2.35 bits per heavy atom. The normalized spacial score (nSPS) is 12.7. The Balaban J connectivity index is 1.73. The van der Waals surface area contributed by atoms with Gasteiger partial charge in [0.25, 0.3) is 5.89 Å². The maximum Gasteiger partial charge on any atom is 0.264 e. The minimum atomic E-state index is -3.76. The smallest absolute Gasteiger partial charge is 0.264 e. The van der Waals surface area contributed by atoms with Crippen molar-refractivity contribution in [1.82, 2.24) is 4.98 Å². The zero-order chi connectivity index (χ0) is 21.8. The summed E-state index contributed by atoms with van der Waals surface area (Å²) in [6.07, 6.45) is 1.12. The molecule has 0 aliphatic rings. The summed E-state index contributed by atoms with van der Waals surface area (Å²) in [4.78, 5) is 17.9. The van der Waals surface area contributed by atoms with E-state index in [2.05, 4.69) is 4.98 Å². The largest absolute Gasteiger partial charge is 0.434 e. The molecule has 158 valence electrons. The van der Waals surface area contributed by atoms with Crippen LogP contribution in [0.2, 0.25) is 0 Å². The van der Waals surface area contributed by atoms with Gasteiger partial charge in [-0.3, -0.25) is 4.79 Å². The highest BCUT2D eigenvalue weighted by Crippen LogP contribution is 2.30. The van der Waals surface area contributed by atoms with Crippen molar-refractivity contribution in [2.75, 3.05) is 0 Å². The zero-order valence-electron chi connectivity index (χ0n) is 16.8. The lowest BCUT2D eigenvalue weighted by Crippen LogP contribution is -2.20. The van der Waals surface area contributed by atoms with Gasteiger partial charge in [0.1, 0.15) is 5.52 Å². The number of Topliss-reactive ketones (excluding diaryl/α,β-unsaturated/α-hetero) is 1. The van der Waals surface area contributed by atoms with Gasteiger partial charge in [0, 0.05) is 0 Å². The Morgan fingerprint density at radius 2 is 1.61 bits per heavy atom. The Morgan fingerprint density at radius 1 is 0.935 bits per heavy atom. The molecule has 0 fully saturated rings. The second-order valence-electron chi connectivity index (χ2n) is 7.43. The third-order valence-electron chi connectivity index (χ3n) is 5.17. The van der Waals surface area contributed by atoms with Crippen molar-refractivity contribution in [1.29, 1.82) is 0 Å². The van der Waals surface area contributed by atoms with Crippen molar-refractivity contribution in [2.24, 2.45) is 5.14 Å². The summed E-state index contributed by atoms with van der Waals surface area (Å²) in [6.45, 7) is 0. The van der Waals surface area contributed by atoms with Crippen molar-refractivity contribution >= 4 is 26.9 Å². The van der Waals surface area contributed by atoms with E-state index < -0.39 is 15.9 Å². The van der Waals surface area contributed by atoms with Gasteiger partial charge in [0.05, 0.1) is 11.7 Å². The van der Waals surface area contributed by atoms with Crippen molar-refractivity contribution in [3.05, 3.63) is 101 Å². The fourth-order valence-electron chi connectivity index (χ4n) is 3.73. The maximum absolute atomic E-state index is 13.5. The average Bonchev–Trinajstić information content (AvgIpc) is 3.19. The Kier molecular flexibility index (Phi) is 5.97. The number of benzene rings is 3. The predicted octanol–water partition coefficient (Wildman–Crippen LogP) is 4.22. The van der Waals surface area contributed by atoms with Gasteiger partial charge in [-0.1, -0.05) is 66.7 Å². The van der Waals surface area contributed by atoms with E-state index in [1.807, 2.05) is 42.5 Å². The van der Waals surface area contributed by atoms with E-state index in [1.165, 1.54) is 0 Å². The lowest BCUT2D eigenvalue weighted by atomic mass is 9.86. The molecule has 2 N–H and O–H groups in total. The molecule has 0 saturated heterocycles. The molecule has 0 spiro atoms. The predicted molar refractivity (Wildman–Crippen MR) is 119 cm³/mol. The number of carbonyl (C=O) groups excluding carboxylic acids is 1. The number of hydrogen-bond acceptors (Lipinski definition) is 5. The number of para-hydroxylation sites is 2. The Bertz CT molecular complexity index is 1280. The molecular weight excluding hydrogens is 412 g/mol. The summed E-state index contributed by atoms with van der Waals surface area (Å²) in [5, 5.41) is 5.30. The SMILES string of the molecule is NS(=O)(=O)Cc1ccccc1[C@H](CCc1ccccc1)C(=O)c1nc2ccccc2o1. The van der Waals surface area contributed by atoms with Gasteiger partial charge < -0.3 is 4.42 Å². The van der Waals surface area contributed by atoms with Crippen LogP contribution in [0.1, 0.15) is 39.7 Å². The fraction of sp³-hybridized carbons (Fsp3) is 0.167. The molecule has 0 bridgehead atoms. The van der Waals surface area contributed by atoms with Crippen LogP contribution in [0.5, 0.6) is 0 Å². The molecule has 0 unspecified atom stereocenters. The van der Waals surface area contributed by atoms with Crippen LogP contribution in [-0.4, -0.2) is 19.2 Å². The monoisotopic (exact) mass is 434 g/mol. The van der Waals surface area contributed by atoms with Gasteiger partial charge in [-0.25, -0.2) is 18.5 Å². The molecule has 0 aliphatic carbocycles. The quantitative estimate of drug-likeness (QED) is 0.418. The number of rotatable bonds is 8. The highest BCUT2D eigenvalue weighted by molar-refractivity contribution is 7.88. The molecule has 6 nitrogen and oxygen atoms in total. The van der Waals surface area contributed by atoms with Crippen LogP contribution in [-0.2, 0) is 22.2 Å². The Hall–Kier alpha value is -3.29. The average molecular weight is 435 g/mol. The molecule has 0 aliphatic heterocycles.